The predicted octanol–water partition coefficient (Wildman–Crippen LogP) is 3.17. The highest BCUT2D eigenvalue weighted by Crippen LogP contribution is 2.47. The van der Waals surface area contributed by atoms with Crippen molar-refractivity contribution in [2.75, 3.05) is 26.2 Å². The fourth-order valence-electron chi connectivity index (χ4n) is 4.41. The average molecular weight is 439 g/mol. The summed E-state index contributed by atoms with van der Waals surface area (Å²) in [7, 11) is 0. The zero-order valence-corrected chi connectivity index (χ0v) is 17.7. The Labute approximate surface area is 186 Å². The maximum absolute atomic E-state index is 13.4. The van der Waals surface area contributed by atoms with E-state index in [-0.39, 0.29) is 42.2 Å². The van der Waals surface area contributed by atoms with Gasteiger partial charge in [-0.3, -0.25) is 9.59 Å². The van der Waals surface area contributed by atoms with Crippen molar-refractivity contribution >= 4 is 24.1 Å². The summed E-state index contributed by atoms with van der Waals surface area (Å²) in [6.07, 6.45) is 3.54. The Kier molecular flexibility index (Phi) is 5.85. The first-order chi connectivity index (χ1) is 14.6. The van der Waals surface area contributed by atoms with E-state index in [0.717, 1.165) is 29.8 Å². The molecule has 2 heterocycles. The van der Waals surface area contributed by atoms with Crippen molar-refractivity contribution < 1.29 is 19.4 Å². The van der Waals surface area contributed by atoms with Crippen LogP contribution in [0.4, 0.5) is 0 Å². The Balaban J connectivity index is 0.00000231. The summed E-state index contributed by atoms with van der Waals surface area (Å²) >= 11 is 0. The van der Waals surface area contributed by atoms with Crippen LogP contribution in [-0.4, -0.2) is 47.9 Å². The van der Waals surface area contributed by atoms with Gasteiger partial charge >= 0.3 is 0 Å². The molecule has 3 aliphatic rings. The van der Waals surface area contributed by atoms with Gasteiger partial charge in [-0.1, -0.05) is 30.3 Å². The van der Waals surface area contributed by atoms with Crippen molar-refractivity contribution in [3.8, 4) is 11.5 Å². The van der Waals surface area contributed by atoms with E-state index in [4.69, 9.17) is 4.74 Å². The smallest absolute Gasteiger partial charge is 0.254 e. The van der Waals surface area contributed by atoms with Gasteiger partial charge in [-0.05, 0) is 23.8 Å². The minimum atomic E-state index is -0.253. The highest BCUT2D eigenvalue weighted by atomic mass is 35.5. The zero-order valence-electron chi connectivity index (χ0n) is 16.8. The number of carbonyl (C=O) groups excluding carboxylic acids is 2. The number of carbonyl (C=O) groups is 2. The molecule has 31 heavy (non-hydrogen) atoms. The zero-order chi connectivity index (χ0) is 20.7. The second kappa shape index (κ2) is 8.57. The van der Waals surface area contributed by atoms with Crippen molar-refractivity contribution in [3.05, 3.63) is 82.6 Å². The molecule has 0 radical (unpaired) electrons. The molecule has 2 aromatic rings. The number of hydrogen-bond acceptors (Lipinski definition) is 5. The number of nitrogens with one attached hydrogen (secondary N) is 1. The minimum Gasteiger partial charge on any atom is -0.508 e. The van der Waals surface area contributed by atoms with Crippen molar-refractivity contribution in [2.45, 2.75) is 12.3 Å². The maximum atomic E-state index is 13.4. The number of nitrogens with zero attached hydrogens (tertiary/aromatic N) is 1. The van der Waals surface area contributed by atoms with E-state index in [1.807, 2.05) is 35.2 Å². The molecule has 1 atom stereocenters. The van der Waals surface area contributed by atoms with E-state index in [1.54, 1.807) is 24.3 Å². The number of ether oxygens (including phenoxy) is 1. The monoisotopic (exact) mass is 438 g/mol. The van der Waals surface area contributed by atoms with Gasteiger partial charge in [-0.25, -0.2) is 0 Å². The Hall–Kier alpha value is -3.09. The first kappa shape index (κ1) is 21.2. The molecule has 2 aliphatic heterocycles. The van der Waals surface area contributed by atoms with Gasteiger partial charge in [0.25, 0.3) is 5.91 Å². The van der Waals surface area contributed by atoms with Crippen LogP contribution in [-0.2, 0) is 4.79 Å². The molecular formula is C24H23ClN2O4. The number of amides is 1. The number of phenolic OH excluding ortho intramolecular Hbond substituents is 1. The van der Waals surface area contributed by atoms with Crippen molar-refractivity contribution in [1.82, 2.24) is 10.2 Å². The van der Waals surface area contributed by atoms with Gasteiger partial charge in [0, 0.05) is 54.9 Å². The van der Waals surface area contributed by atoms with Crippen LogP contribution in [0.1, 0.15) is 33.8 Å². The summed E-state index contributed by atoms with van der Waals surface area (Å²) < 4.78 is 6.00. The van der Waals surface area contributed by atoms with Gasteiger partial charge in [0.05, 0.1) is 6.42 Å². The van der Waals surface area contributed by atoms with Crippen molar-refractivity contribution in [3.63, 3.8) is 0 Å². The molecule has 5 rings (SSSR count). The molecule has 0 spiro atoms. The van der Waals surface area contributed by atoms with Gasteiger partial charge < -0.3 is 20.1 Å². The van der Waals surface area contributed by atoms with Gasteiger partial charge in [0.2, 0.25) is 0 Å². The van der Waals surface area contributed by atoms with E-state index < -0.39 is 0 Å². The standard InChI is InChI=1S/C24H22N2O4.ClH/c27-15-5-7-19-21(13-15)30-22-14-16(28)6-8-20(22)23(19)17-3-1-2-4-18(17)24(29)26-11-9-25-10-12-26;/h1-8,13,23,25,27H,9-12,14H2;1H. The van der Waals surface area contributed by atoms with Crippen LogP contribution in [0, 0.1) is 0 Å². The topological polar surface area (TPSA) is 78.9 Å². The van der Waals surface area contributed by atoms with Crippen LogP contribution in [0.15, 0.2) is 65.9 Å². The molecule has 0 saturated carbocycles. The summed E-state index contributed by atoms with van der Waals surface area (Å²) in [5.74, 6) is 0.927. The van der Waals surface area contributed by atoms with E-state index >= 15 is 0 Å². The lowest BCUT2D eigenvalue weighted by Crippen LogP contribution is -2.46. The van der Waals surface area contributed by atoms with Crippen molar-refractivity contribution in [1.29, 1.82) is 0 Å². The summed E-state index contributed by atoms with van der Waals surface area (Å²) in [5, 5.41) is 13.2. The van der Waals surface area contributed by atoms with Crippen LogP contribution < -0.4 is 10.1 Å². The first-order valence-electron chi connectivity index (χ1n) is 10.2. The van der Waals surface area contributed by atoms with Gasteiger partial charge in [0.1, 0.15) is 17.3 Å². The lowest BCUT2D eigenvalue weighted by Gasteiger charge is -2.33. The van der Waals surface area contributed by atoms with E-state index in [0.29, 0.717) is 30.2 Å². The van der Waals surface area contributed by atoms with Crippen LogP contribution in [0.2, 0.25) is 0 Å². The normalized spacial score (nSPS) is 19.8. The molecule has 1 fully saturated rings. The fourth-order valence-corrected chi connectivity index (χ4v) is 4.41. The molecule has 1 unspecified atom stereocenters. The summed E-state index contributed by atoms with van der Waals surface area (Å²) in [6.45, 7) is 2.92. The second-order valence-corrected chi connectivity index (χ2v) is 7.74. The molecule has 1 aliphatic carbocycles. The van der Waals surface area contributed by atoms with Gasteiger partial charge in [-0.15, -0.1) is 12.4 Å². The lowest BCUT2D eigenvalue weighted by atomic mass is 9.78. The second-order valence-electron chi connectivity index (χ2n) is 7.74. The fraction of sp³-hybridized carbons (Fsp3) is 0.250. The average Bonchev–Trinajstić information content (AvgIpc) is 2.77. The first-order valence-corrected chi connectivity index (χ1v) is 10.2. The van der Waals surface area contributed by atoms with Crippen LogP contribution in [0.3, 0.4) is 0 Å². The largest absolute Gasteiger partial charge is 0.508 e. The molecule has 1 amide bonds. The summed E-state index contributed by atoms with van der Waals surface area (Å²) in [5.41, 5.74) is 3.28. The molecule has 6 nitrogen and oxygen atoms in total. The number of phenols is 1. The van der Waals surface area contributed by atoms with Gasteiger partial charge in [-0.2, -0.15) is 0 Å². The number of benzene rings is 2. The number of piperazine rings is 1. The van der Waals surface area contributed by atoms with E-state index in [9.17, 15) is 14.7 Å². The van der Waals surface area contributed by atoms with Crippen LogP contribution >= 0.6 is 12.4 Å². The molecule has 0 bridgehead atoms. The highest BCUT2D eigenvalue weighted by Gasteiger charge is 2.35. The van der Waals surface area contributed by atoms with Crippen molar-refractivity contribution in [2.24, 2.45) is 0 Å². The third-order valence-electron chi connectivity index (χ3n) is 5.86. The third kappa shape index (κ3) is 3.84. The maximum Gasteiger partial charge on any atom is 0.254 e. The van der Waals surface area contributed by atoms with Crippen LogP contribution in [0.5, 0.6) is 11.5 Å². The minimum absolute atomic E-state index is 0. The van der Waals surface area contributed by atoms with Gasteiger partial charge in [0.15, 0.2) is 5.78 Å². The SMILES string of the molecule is Cl.O=C1C=CC2=C(C1)Oc1cc(O)ccc1C2c1ccccc1C(=O)N1CCNCC1. The Morgan fingerprint density at radius 3 is 2.65 bits per heavy atom. The molecule has 2 aromatic carbocycles. The Morgan fingerprint density at radius 2 is 1.84 bits per heavy atom. The Morgan fingerprint density at radius 1 is 1.06 bits per heavy atom. The molecular weight excluding hydrogens is 416 g/mol. The summed E-state index contributed by atoms with van der Waals surface area (Å²) in [6, 6.07) is 12.7. The molecule has 2 N–H and O–H groups in total. The number of hydrogen-bond donors (Lipinski definition) is 2. The molecule has 1 saturated heterocycles. The molecule has 7 heteroatoms. The van der Waals surface area contributed by atoms with E-state index in [2.05, 4.69) is 5.32 Å². The number of rotatable bonds is 2. The quantitative estimate of drug-likeness (QED) is 0.753. The third-order valence-corrected chi connectivity index (χ3v) is 5.86. The van der Waals surface area contributed by atoms with E-state index in [1.165, 1.54) is 0 Å². The predicted molar refractivity (Wildman–Crippen MR) is 119 cm³/mol. The number of fused-ring (bicyclic) bond motifs is 1. The molecule has 160 valence electrons. The summed E-state index contributed by atoms with van der Waals surface area (Å²) in [4.78, 5) is 27.3. The Bertz CT molecular complexity index is 1100. The highest BCUT2D eigenvalue weighted by molar-refractivity contribution is 5.97. The lowest BCUT2D eigenvalue weighted by molar-refractivity contribution is -0.114. The molecule has 0 aromatic heterocycles. The number of halogens is 1. The number of ketones is 1. The van der Waals surface area contributed by atoms with Crippen LogP contribution in [0.25, 0.3) is 0 Å². The number of aromatic hydroxyl groups is 1. The number of allylic oxidation sites excluding steroid dienone is 4.